The van der Waals surface area contributed by atoms with E-state index >= 15 is 0 Å². The lowest BCUT2D eigenvalue weighted by Gasteiger charge is -2.43. The van der Waals surface area contributed by atoms with Crippen molar-refractivity contribution < 1.29 is 0 Å². The number of benzene rings is 1. The number of piperazine rings is 1. The highest BCUT2D eigenvalue weighted by atomic mass is 79.9. The summed E-state index contributed by atoms with van der Waals surface area (Å²) in [4.78, 5) is 5.05. The molecule has 3 aromatic rings. The molecule has 26 heavy (non-hydrogen) atoms. The van der Waals surface area contributed by atoms with Crippen molar-refractivity contribution in [3.63, 3.8) is 0 Å². The Morgan fingerprint density at radius 1 is 1.19 bits per heavy atom. The molecule has 1 saturated heterocycles. The fourth-order valence-electron chi connectivity index (χ4n) is 4.45. The van der Waals surface area contributed by atoms with Crippen molar-refractivity contribution in [3.8, 4) is 6.07 Å². The normalized spacial score (nSPS) is 22.3. The van der Waals surface area contributed by atoms with Crippen molar-refractivity contribution in [2.75, 3.05) is 18.0 Å². The van der Waals surface area contributed by atoms with Gasteiger partial charge in [0.15, 0.2) is 0 Å². The van der Waals surface area contributed by atoms with Gasteiger partial charge in [0.25, 0.3) is 0 Å². The van der Waals surface area contributed by atoms with Crippen LogP contribution >= 0.6 is 15.9 Å². The maximum atomic E-state index is 9.32. The highest BCUT2D eigenvalue weighted by Gasteiger charge is 2.39. The Balaban J connectivity index is 1.56. The van der Waals surface area contributed by atoms with E-state index < -0.39 is 0 Å². The van der Waals surface area contributed by atoms with Crippen molar-refractivity contribution in [1.29, 1.82) is 5.26 Å². The number of halogens is 1. The predicted molar refractivity (Wildman–Crippen MR) is 104 cm³/mol. The maximum absolute atomic E-state index is 9.32. The number of nitrogens with zero attached hydrogens (tertiary/aromatic N) is 5. The smallest absolute Gasteiger partial charge is 0.142 e. The van der Waals surface area contributed by atoms with E-state index in [0.717, 1.165) is 35.3 Å². The second kappa shape index (κ2) is 5.83. The van der Waals surface area contributed by atoms with Crippen molar-refractivity contribution in [3.05, 3.63) is 63.9 Å². The Kier molecular flexibility index (Phi) is 3.56. The first-order chi connectivity index (χ1) is 12.7. The lowest BCUT2D eigenvalue weighted by Crippen LogP contribution is -2.51. The van der Waals surface area contributed by atoms with Gasteiger partial charge >= 0.3 is 0 Å². The molecular formula is C20H18BrN5. The average molecular weight is 408 g/mol. The van der Waals surface area contributed by atoms with E-state index in [2.05, 4.69) is 68.1 Å². The van der Waals surface area contributed by atoms with E-state index in [1.807, 2.05) is 12.1 Å². The molecule has 0 amide bonds. The molecule has 5 nitrogen and oxygen atoms in total. The van der Waals surface area contributed by atoms with Gasteiger partial charge in [-0.05, 0) is 48.4 Å². The van der Waals surface area contributed by atoms with Crippen LogP contribution in [0.4, 0.5) is 5.69 Å². The Morgan fingerprint density at radius 3 is 2.92 bits per heavy atom. The maximum Gasteiger partial charge on any atom is 0.142 e. The summed E-state index contributed by atoms with van der Waals surface area (Å²) < 4.78 is 2.89. The summed E-state index contributed by atoms with van der Waals surface area (Å²) in [5, 5.41) is 13.6. The van der Waals surface area contributed by atoms with Gasteiger partial charge < -0.3 is 4.90 Å². The zero-order valence-corrected chi connectivity index (χ0v) is 16.0. The summed E-state index contributed by atoms with van der Waals surface area (Å²) in [6, 6.07) is 15.7. The zero-order chi connectivity index (χ0) is 17.8. The number of pyridine rings is 1. The van der Waals surface area contributed by atoms with Gasteiger partial charge in [-0.15, -0.1) is 0 Å². The number of nitriles is 1. The highest BCUT2D eigenvalue weighted by molar-refractivity contribution is 9.10. The van der Waals surface area contributed by atoms with Crippen LogP contribution in [-0.4, -0.2) is 33.6 Å². The number of anilines is 1. The minimum absolute atomic E-state index is 0.403. The third-order valence-corrected chi connectivity index (χ3v) is 6.14. The first-order valence-electron chi connectivity index (χ1n) is 8.81. The van der Waals surface area contributed by atoms with Crippen LogP contribution in [0.1, 0.15) is 29.8 Å². The monoisotopic (exact) mass is 407 g/mol. The topological polar surface area (TPSA) is 47.6 Å². The lowest BCUT2D eigenvalue weighted by atomic mass is 10.0. The van der Waals surface area contributed by atoms with Crippen LogP contribution in [0.15, 0.2) is 47.1 Å². The summed E-state index contributed by atoms with van der Waals surface area (Å²) >= 11 is 3.60. The number of hydrogen-bond donors (Lipinski definition) is 0. The molecule has 0 unspecified atom stereocenters. The van der Waals surface area contributed by atoms with E-state index in [4.69, 9.17) is 0 Å². The van der Waals surface area contributed by atoms with Crippen molar-refractivity contribution in [1.82, 2.24) is 14.5 Å². The molecule has 2 aliphatic heterocycles. The minimum atomic E-state index is 0.403. The third kappa shape index (κ3) is 2.28. The first-order valence-corrected chi connectivity index (χ1v) is 9.61. The fourth-order valence-corrected chi connectivity index (χ4v) is 4.86. The van der Waals surface area contributed by atoms with E-state index in [0.29, 0.717) is 17.8 Å². The molecule has 0 N–H and O–H groups in total. The molecule has 4 heterocycles. The molecule has 2 atom stereocenters. The summed E-state index contributed by atoms with van der Waals surface area (Å²) in [5.41, 5.74) is 5.57. The Hall–Kier alpha value is -2.36. The van der Waals surface area contributed by atoms with Gasteiger partial charge in [-0.3, -0.25) is 4.90 Å². The van der Waals surface area contributed by atoms with Gasteiger partial charge in [0, 0.05) is 30.1 Å². The van der Waals surface area contributed by atoms with Crippen molar-refractivity contribution in [2.45, 2.75) is 25.6 Å². The number of fused-ring (bicyclic) bond motifs is 4. The zero-order valence-electron chi connectivity index (χ0n) is 14.4. The van der Waals surface area contributed by atoms with Gasteiger partial charge in [0.05, 0.1) is 23.4 Å². The quantitative estimate of drug-likeness (QED) is 0.616. The van der Waals surface area contributed by atoms with E-state index in [-0.39, 0.29) is 0 Å². The van der Waals surface area contributed by atoms with Crippen LogP contribution in [0.2, 0.25) is 0 Å². The number of aromatic nitrogens is 2. The first kappa shape index (κ1) is 15.9. The molecule has 130 valence electrons. The molecule has 1 fully saturated rings. The molecular weight excluding hydrogens is 390 g/mol. The predicted octanol–water partition coefficient (Wildman–Crippen LogP) is 3.73. The molecule has 6 heteroatoms. The van der Waals surface area contributed by atoms with E-state index in [1.54, 1.807) is 10.7 Å². The Labute approximate surface area is 160 Å². The fraction of sp³-hybridized carbons (Fsp3) is 0.300. The summed E-state index contributed by atoms with van der Waals surface area (Å²) in [6.07, 6.45) is 1.77. The van der Waals surface area contributed by atoms with Crippen LogP contribution in [0.25, 0.3) is 5.52 Å². The van der Waals surface area contributed by atoms with Gasteiger partial charge in [-0.1, -0.05) is 22.0 Å². The van der Waals surface area contributed by atoms with E-state index in [1.165, 1.54) is 11.1 Å². The van der Waals surface area contributed by atoms with Gasteiger partial charge in [-0.25, -0.2) is 4.52 Å². The van der Waals surface area contributed by atoms with E-state index in [9.17, 15) is 5.26 Å². The molecule has 2 aromatic heterocycles. The summed E-state index contributed by atoms with van der Waals surface area (Å²) in [5.74, 6) is 0. The van der Waals surface area contributed by atoms with Gasteiger partial charge in [0.2, 0.25) is 0 Å². The highest BCUT2D eigenvalue weighted by Crippen LogP contribution is 2.41. The largest absolute Gasteiger partial charge is 0.366 e. The van der Waals surface area contributed by atoms with Crippen molar-refractivity contribution >= 4 is 27.1 Å². The summed E-state index contributed by atoms with van der Waals surface area (Å²) in [6.45, 7) is 5.24. The molecule has 0 spiro atoms. The third-order valence-electron chi connectivity index (χ3n) is 5.65. The molecule has 2 aliphatic rings. The van der Waals surface area contributed by atoms with Crippen LogP contribution in [-0.2, 0) is 6.54 Å². The SMILES string of the molecule is C[C@@H]1CN(c2ccc(C#N)n3nccc23)C[C@@H]2c3ccc(Br)cc3CN12. The Morgan fingerprint density at radius 2 is 2.08 bits per heavy atom. The van der Waals surface area contributed by atoms with Crippen molar-refractivity contribution in [2.24, 2.45) is 0 Å². The minimum Gasteiger partial charge on any atom is -0.366 e. The molecule has 0 aliphatic carbocycles. The average Bonchev–Trinajstić information content (AvgIpc) is 3.25. The van der Waals surface area contributed by atoms with Crippen LogP contribution in [0.5, 0.6) is 0 Å². The molecule has 0 radical (unpaired) electrons. The Bertz CT molecular complexity index is 1050. The molecule has 0 bridgehead atoms. The number of rotatable bonds is 1. The number of hydrogen-bond acceptors (Lipinski definition) is 4. The summed E-state index contributed by atoms with van der Waals surface area (Å²) in [7, 11) is 0. The standard InChI is InChI=1S/C20H18BrN5/c1-13-10-24(18-5-3-16(9-22)26-19(18)6-7-23-26)12-20-17-4-2-15(21)8-14(17)11-25(13)20/h2-8,13,20H,10-12H2,1H3/t13-,20-/m1/s1. The molecule has 0 saturated carbocycles. The van der Waals surface area contributed by atoms with Gasteiger partial charge in [-0.2, -0.15) is 10.4 Å². The second-order valence-corrected chi connectivity index (χ2v) is 8.04. The van der Waals surface area contributed by atoms with Crippen LogP contribution in [0, 0.1) is 11.3 Å². The van der Waals surface area contributed by atoms with Gasteiger partial charge in [0.1, 0.15) is 11.8 Å². The van der Waals surface area contributed by atoms with Crippen LogP contribution < -0.4 is 4.90 Å². The lowest BCUT2D eigenvalue weighted by molar-refractivity contribution is 0.134. The molecule has 5 rings (SSSR count). The second-order valence-electron chi connectivity index (χ2n) is 7.13. The molecule has 1 aromatic carbocycles. The van der Waals surface area contributed by atoms with Crippen LogP contribution in [0.3, 0.4) is 0 Å².